The fraction of sp³-hybridized carbons (Fsp3) is 0.250. The van der Waals surface area contributed by atoms with E-state index in [1.54, 1.807) is 0 Å². The topological polar surface area (TPSA) is 81.9 Å². The van der Waals surface area contributed by atoms with Gasteiger partial charge in [0.2, 0.25) is 5.91 Å². The number of carbonyl (C=O) groups is 1. The number of amides is 1. The van der Waals surface area contributed by atoms with Crippen LogP contribution in [0, 0.1) is 6.92 Å². The first kappa shape index (κ1) is 21.7. The third-order valence-corrected chi connectivity index (χ3v) is 7.21. The second kappa shape index (κ2) is 9.36. The van der Waals surface area contributed by atoms with Crippen molar-refractivity contribution in [1.29, 1.82) is 0 Å². The molecule has 168 valence electrons. The van der Waals surface area contributed by atoms with E-state index in [4.69, 9.17) is 4.74 Å². The zero-order chi connectivity index (χ0) is 22.8. The van der Waals surface area contributed by atoms with Gasteiger partial charge in [0.1, 0.15) is 5.75 Å². The summed E-state index contributed by atoms with van der Waals surface area (Å²) in [7, 11) is 0. The third kappa shape index (κ3) is 4.51. The molecule has 1 aliphatic rings. The first-order valence-electron chi connectivity index (χ1n) is 10.8. The number of hydrogen-bond acceptors (Lipinski definition) is 7. The first-order chi connectivity index (χ1) is 16.1. The summed E-state index contributed by atoms with van der Waals surface area (Å²) in [6.07, 6.45) is 0.919. The number of nitrogens with one attached hydrogen (secondary N) is 1. The van der Waals surface area contributed by atoms with Crippen LogP contribution in [0.5, 0.6) is 5.75 Å². The van der Waals surface area contributed by atoms with Crippen LogP contribution < -0.4 is 10.1 Å². The number of anilines is 1. The molecule has 0 unspecified atom stereocenters. The smallest absolute Gasteiger partial charge is 0.236 e. The van der Waals surface area contributed by atoms with Gasteiger partial charge in [0, 0.05) is 29.5 Å². The van der Waals surface area contributed by atoms with Crippen LogP contribution in [-0.2, 0) is 17.8 Å². The lowest BCUT2D eigenvalue weighted by molar-refractivity contribution is -0.113. The Morgan fingerprint density at radius 3 is 2.97 bits per heavy atom. The van der Waals surface area contributed by atoms with Gasteiger partial charge in [-0.1, -0.05) is 36.0 Å². The van der Waals surface area contributed by atoms with Gasteiger partial charge in [0.05, 0.1) is 18.1 Å². The second-order valence-electron chi connectivity index (χ2n) is 7.66. The van der Waals surface area contributed by atoms with Crippen LogP contribution in [0.25, 0.3) is 22.6 Å². The molecule has 2 aromatic carbocycles. The van der Waals surface area contributed by atoms with Crippen LogP contribution in [0.15, 0.2) is 53.0 Å². The minimum Gasteiger partial charge on any atom is -0.493 e. The monoisotopic (exact) mass is 477 g/mol. The highest BCUT2D eigenvalue weighted by Crippen LogP contribution is 2.32. The van der Waals surface area contributed by atoms with E-state index in [1.807, 2.05) is 40.3 Å². The van der Waals surface area contributed by atoms with Gasteiger partial charge in [-0.3, -0.25) is 4.79 Å². The molecule has 4 aromatic rings. The molecule has 0 fully saturated rings. The van der Waals surface area contributed by atoms with Gasteiger partial charge in [-0.05, 0) is 43.2 Å². The van der Waals surface area contributed by atoms with Crippen LogP contribution in [0.2, 0.25) is 0 Å². The van der Waals surface area contributed by atoms with Crippen LogP contribution in [0.4, 0.5) is 5.13 Å². The zero-order valence-corrected chi connectivity index (χ0v) is 20.0. The number of hydrogen-bond donors (Lipinski definition) is 1. The largest absolute Gasteiger partial charge is 0.493 e. The molecule has 3 heterocycles. The van der Waals surface area contributed by atoms with E-state index in [9.17, 15) is 4.79 Å². The lowest BCUT2D eigenvalue weighted by atomic mass is 10.1. The fourth-order valence-corrected chi connectivity index (χ4v) is 5.34. The summed E-state index contributed by atoms with van der Waals surface area (Å²) >= 11 is 2.80. The van der Waals surface area contributed by atoms with Crippen molar-refractivity contribution < 1.29 is 9.53 Å². The Balaban J connectivity index is 1.23. The number of aromatic nitrogens is 4. The normalized spacial score (nSPS) is 12.4. The van der Waals surface area contributed by atoms with Gasteiger partial charge in [-0.15, -0.1) is 21.5 Å². The number of benzene rings is 2. The lowest BCUT2D eigenvalue weighted by Gasteiger charge is -2.09. The van der Waals surface area contributed by atoms with Crippen molar-refractivity contribution in [2.45, 2.75) is 32.0 Å². The van der Waals surface area contributed by atoms with E-state index in [1.165, 1.54) is 28.7 Å². The summed E-state index contributed by atoms with van der Waals surface area (Å²) in [4.78, 5) is 17.2. The predicted molar refractivity (Wildman–Crippen MR) is 132 cm³/mol. The Morgan fingerprint density at radius 2 is 2.12 bits per heavy atom. The van der Waals surface area contributed by atoms with Crippen LogP contribution in [-0.4, -0.2) is 38.0 Å². The Kier molecular flexibility index (Phi) is 6.15. The molecule has 0 saturated carbocycles. The van der Waals surface area contributed by atoms with E-state index < -0.39 is 0 Å². The minimum atomic E-state index is -0.119. The second-order valence-corrected chi connectivity index (χ2v) is 9.46. The number of carbonyl (C=O) groups excluding carboxylic acids is 1. The number of nitrogens with zero attached hydrogens (tertiary/aromatic N) is 4. The van der Waals surface area contributed by atoms with Gasteiger partial charge in [0.15, 0.2) is 16.1 Å². The van der Waals surface area contributed by atoms with Crippen molar-refractivity contribution in [3.8, 4) is 28.4 Å². The SMILES string of the molecule is CCn1c(SCC(=O)Nc2nc(-c3ccc4c(c3)CCO4)cs2)nnc1-c1ccccc1C. The van der Waals surface area contributed by atoms with Gasteiger partial charge in [0.25, 0.3) is 0 Å². The lowest BCUT2D eigenvalue weighted by Crippen LogP contribution is -2.14. The number of aryl methyl sites for hydroxylation is 1. The van der Waals surface area contributed by atoms with Crippen molar-refractivity contribution in [1.82, 2.24) is 19.7 Å². The molecule has 1 amide bonds. The molecule has 1 N–H and O–H groups in total. The van der Waals surface area contributed by atoms with E-state index >= 15 is 0 Å². The van der Waals surface area contributed by atoms with Crippen molar-refractivity contribution in [2.24, 2.45) is 0 Å². The molecule has 9 heteroatoms. The molecule has 7 nitrogen and oxygen atoms in total. The summed E-state index contributed by atoms with van der Waals surface area (Å²) in [6, 6.07) is 14.2. The first-order valence-corrected chi connectivity index (χ1v) is 12.6. The van der Waals surface area contributed by atoms with Crippen molar-refractivity contribution >= 4 is 34.1 Å². The Labute approximate surface area is 200 Å². The highest BCUT2D eigenvalue weighted by Gasteiger charge is 2.17. The van der Waals surface area contributed by atoms with Crippen LogP contribution >= 0.6 is 23.1 Å². The highest BCUT2D eigenvalue weighted by atomic mass is 32.2. The van der Waals surface area contributed by atoms with Gasteiger partial charge in [-0.25, -0.2) is 4.98 Å². The number of ether oxygens (including phenoxy) is 1. The van der Waals surface area contributed by atoms with Crippen molar-refractivity contribution in [3.63, 3.8) is 0 Å². The average molecular weight is 478 g/mol. The molecule has 0 bridgehead atoms. The van der Waals surface area contributed by atoms with Crippen molar-refractivity contribution in [2.75, 3.05) is 17.7 Å². The average Bonchev–Trinajstić information content (AvgIpc) is 3.56. The van der Waals surface area contributed by atoms with E-state index in [0.29, 0.717) is 5.13 Å². The van der Waals surface area contributed by atoms with E-state index in [-0.39, 0.29) is 11.7 Å². The number of thiazole rings is 1. The molecular weight excluding hydrogens is 454 g/mol. The van der Waals surface area contributed by atoms with Gasteiger partial charge < -0.3 is 14.6 Å². The summed E-state index contributed by atoms with van der Waals surface area (Å²) in [6.45, 7) is 5.57. The Morgan fingerprint density at radius 1 is 1.24 bits per heavy atom. The minimum absolute atomic E-state index is 0.119. The summed E-state index contributed by atoms with van der Waals surface area (Å²) in [5, 5.41) is 14.9. The molecule has 0 atom stereocenters. The van der Waals surface area contributed by atoms with Crippen molar-refractivity contribution in [3.05, 3.63) is 59.0 Å². The molecule has 2 aromatic heterocycles. The molecule has 0 aliphatic carbocycles. The quantitative estimate of drug-likeness (QED) is 0.375. The number of rotatable bonds is 7. The number of fused-ring (bicyclic) bond motifs is 1. The van der Waals surface area contributed by atoms with Crippen LogP contribution in [0.3, 0.4) is 0 Å². The summed E-state index contributed by atoms with van der Waals surface area (Å²) in [5.41, 5.74) is 5.28. The molecule has 0 radical (unpaired) electrons. The van der Waals surface area contributed by atoms with Gasteiger partial charge >= 0.3 is 0 Å². The molecule has 0 spiro atoms. The van der Waals surface area contributed by atoms with Crippen LogP contribution in [0.1, 0.15) is 18.1 Å². The number of thioether (sulfide) groups is 1. The molecule has 0 saturated heterocycles. The fourth-order valence-electron chi connectivity index (χ4n) is 3.80. The maximum absolute atomic E-state index is 12.6. The molecule has 1 aliphatic heterocycles. The third-order valence-electron chi connectivity index (χ3n) is 5.49. The maximum Gasteiger partial charge on any atom is 0.236 e. The predicted octanol–water partition coefficient (Wildman–Crippen LogP) is 5.06. The van der Waals surface area contributed by atoms with Gasteiger partial charge in [-0.2, -0.15) is 0 Å². The standard InChI is InChI=1S/C24H23N5O2S2/c1-3-29-22(18-7-5-4-6-15(18)2)27-28-24(29)33-14-21(30)26-23-25-19(13-32-23)16-8-9-20-17(12-16)10-11-31-20/h4-9,12-13H,3,10-11,14H2,1-2H3,(H,25,26,30). The molecule has 5 rings (SSSR count). The zero-order valence-electron chi connectivity index (χ0n) is 18.4. The van der Waals surface area contributed by atoms with E-state index in [0.717, 1.165) is 58.7 Å². The van der Waals surface area contributed by atoms with E-state index in [2.05, 4.69) is 46.5 Å². The Bertz CT molecular complexity index is 1310. The molecule has 33 heavy (non-hydrogen) atoms. The summed E-state index contributed by atoms with van der Waals surface area (Å²) < 4.78 is 7.61. The maximum atomic E-state index is 12.6. The Hall–Kier alpha value is -3.17. The molecular formula is C24H23N5O2S2. The summed E-state index contributed by atoms with van der Waals surface area (Å²) in [5.74, 6) is 1.89. The highest BCUT2D eigenvalue weighted by molar-refractivity contribution is 7.99.